The number of nitro benzene ring substituents is 1. The second kappa shape index (κ2) is 10.7. The minimum absolute atomic E-state index is 0.0501. The van der Waals surface area contributed by atoms with Gasteiger partial charge in [0.05, 0.1) is 46.6 Å². The molecule has 192 valence electrons. The Labute approximate surface area is 215 Å². The van der Waals surface area contributed by atoms with Crippen LogP contribution in [0.5, 0.6) is 5.75 Å². The molecule has 1 aliphatic heterocycles. The SMILES string of the molecule is COc1cc([C@@H](OCc2cn([C@H]3CC(O)[C@@H](CO)O3)c(=O)nc2N)C(C)(C)C)c([N+](=O)[O-])cc1I. The van der Waals surface area contributed by atoms with E-state index >= 15 is 0 Å². The van der Waals surface area contributed by atoms with Crippen LogP contribution in [0.4, 0.5) is 11.5 Å². The highest BCUT2D eigenvalue weighted by Crippen LogP contribution is 2.43. The minimum atomic E-state index is -0.934. The van der Waals surface area contributed by atoms with E-state index in [4.69, 9.17) is 19.9 Å². The minimum Gasteiger partial charge on any atom is -0.496 e. The predicted molar refractivity (Wildman–Crippen MR) is 134 cm³/mol. The molecule has 2 aromatic rings. The maximum Gasteiger partial charge on any atom is 0.351 e. The zero-order valence-corrected chi connectivity index (χ0v) is 22.0. The molecule has 0 bridgehead atoms. The van der Waals surface area contributed by atoms with Gasteiger partial charge in [0.15, 0.2) is 0 Å². The molecule has 0 amide bonds. The fraction of sp³-hybridized carbons (Fsp3) is 0.545. The number of nitro groups is 1. The van der Waals surface area contributed by atoms with Gasteiger partial charge in [0.25, 0.3) is 5.69 Å². The molecular weight excluding hydrogens is 575 g/mol. The third-order valence-electron chi connectivity index (χ3n) is 5.73. The van der Waals surface area contributed by atoms with Crippen molar-refractivity contribution in [2.75, 3.05) is 19.5 Å². The average Bonchev–Trinajstić information content (AvgIpc) is 3.14. The summed E-state index contributed by atoms with van der Waals surface area (Å²) in [5.41, 5.74) is 5.35. The molecule has 0 radical (unpaired) electrons. The summed E-state index contributed by atoms with van der Waals surface area (Å²) in [6.07, 6.45) is -1.79. The summed E-state index contributed by atoms with van der Waals surface area (Å²) in [7, 11) is 1.49. The number of hydrogen-bond acceptors (Lipinski definition) is 10. The number of rotatable bonds is 8. The van der Waals surface area contributed by atoms with Crippen molar-refractivity contribution < 1.29 is 29.3 Å². The van der Waals surface area contributed by atoms with Crippen molar-refractivity contribution in [1.29, 1.82) is 0 Å². The number of aliphatic hydroxyl groups excluding tert-OH is 2. The Morgan fingerprint density at radius 1 is 1.43 bits per heavy atom. The van der Waals surface area contributed by atoms with Crippen molar-refractivity contribution in [2.45, 2.75) is 58.3 Å². The molecular formula is C22H29IN4O8. The van der Waals surface area contributed by atoms with Gasteiger partial charge in [0.2, 0.25) is 0 Å². The highest BCUT2D eigenvalue weighted by Gasteiger charge is 2.36. The molecule has 1 aromatic heterocycles. The quantitative estimate of drug-likeness (QED) is 0.231. The van der Waals surface area contributed by atoms with Gasteiger partial charge in [-0.05, 0) is 34.1 Å². The van der Waals surface area contributed by atoms with Gasteiger partial charge in [-0.1, -0.05) is 20.8 Å². The van der Waals surface area contributed by atoms with Gasteiger partial charge in [-0.2, -0.15) is 4.98 Å². The first kappa shape index (κ1) is 27.3. The lowest BCUT2D eigenvalue weighted by Gasteiger charge is -2.31. The van der Waals surface area contributed by atoms with E-state index in [9.17, 15) is 25.1 Å². The lowest BCUT2D eigenvalue weighted by Crippen LogP contribution is -2.29. The summed E-state index contributed by atoms with van der Waals surface area (Å²) in [5, 5.41) is 31.2. The molecule has 12 nitrogen and oxygen atoms in total. The Kier molecular flexibility index (Phi) is 8.36. The van der Waals surface area contributed by atoms with Crippen LogP contribution in [-0.4, -0.2) is 50.6 Å². The van der Waals surface area contributed by atoms with Gasteiger partial charge < -0.3 is 30.2 Å². The topological polar surface area (TPSA) is 172 Å². The van der Waals surface area contributed by atoms with Gasteiger partial charge in [-0.3, -0.25) is 14.7 Å². The van der Waals surface area contributed by atoms with Crippen molar-refractivity contribution in [3.8, 4) is 5.75 Å². The Morgan fingerprint density at radius 3 is 2.66 bits per heavy atom. The van der Waals surface area contributed by atoms with Crippen LogP contribution >= 0.6 is 22.6 Å². The lowest BCUT2D eigenvalue weighted by molar-refractivity contribution is -0.386. The number of aliphatic hydroxyl groups is 2. The molecule has 35 heavy (non-hydrogen) atoms. The van der Waals surface area contributed by atoms with Crippen LogP contribution in [0.3, 0.4) is 0 Å². The zero-order chi connectivity index (χ0) is 26.1. The van der Waals surface area contributed by atoms with Gasteiger partial charge in [-0.25, -0.2) is 4.79 Å². The zero-order valence-electron chi connectivity index (χ0n) is 19.8. The van der Waals surface area contributed by atoms with E-state index in [-0.39, 0.29) is 24.5 Å². The van der Waals surface area contributed by atoms with E-state index in [1.807, 2.05) is 43.4 Å². The fourth-order valence-electron chi connectivity index (χ4n) is 3.95. The third kappa shape index (κ3) is 5.91. The Bertz CT molecular complexity index is 1150. The first-order valence-corrected chi connectivity index (χ1v) is 11.9. The first-order chi connectivity index (χ1) is 16.4. The second-order valence-corrected chi connectivity index (χ2v) is 10.5. The predicted octanol–water partition coefficient (Wildman–Crippen LogP) is 2.29. The standard InChI is InChI=1S/C22H29IN4O8/c1-22(2,3)19(12-5-16(33-4)13(23)6-14(12)27(31)32)34-10-11-8-26(21(30)25-20(11)24)18-7-15(29)17(9-28)35-18/h5-6,8,15,17-19,28-29H,7,9-10H2,1-4H3,(H2,24,25,30)/t15?,17-,18-,19-/m1/s1. The monoisotopic (exact) mass is 604 g/mol. The van der Waals surface area contributed by atoms with Crippen LogP contribution in [0.1, 0.15) is 50.7 Å². The molecule has 4 N–H and O–H groups in total. The van der Waals surface area contributed by atoms with E-state index < -0.39 is 47.2 Å². The molecule has 4 atom stereocenters. The number of nitrogens with two attached hydrogens (primary N) is 1. The molecule has 1 saturated heterocycles. The van der Waals surface area contributed by atoms with Crippen molar-refractivity contribution in [3.05, 3.63) is 53.6 Å². The van der Waals surface area contributed by atoms with Gasteiger partial charge in [0, 0.05) is 24.2 Å². The van der Waals surface area contributed by atoms with Crippen LogP contribution in [0.15, 0.2) is 23.1 Å². The molecule has 1 unspecified atom stereocenters. The summed E-state index contributed by atoms with van der Waals surface area (Å²) in [6.45, 7) is 5.16. The molecule has 2 heterocycles. The van der Waals surface area contributed by atoms with E-state index in [1.165, 1.54) is 23.9 Å². The van der Waals surface area contributed by atoms with Crippen LogP contribution in [-0.2, 0) is 16.1 Å². The number of anilines is 1. The van der Waals surface area contributed by atoms with Gasteiger partial charge >= 0.3 is 5.69 Å². The molecule has 1 aromatic carbocycles. The van der Waals surface area contributed by atoms with E-state index in [0.29, 0.717) is 20.4 Å². The number of aromatic nitrogens is 2. The number of nitrogen functional groups attached to an aromatic ring is 1. The summed E-state index contributed by atoms with van der Waals surface area (Å²) in [6, 6.07) is 3.04. The van der Waals surface area contributed by atoms with Gasteiger partial charge in [0.1, 0.15) is 23.9 Å². The summed E-state index contributed by atoms with van der Waals surface area (Å²) in [5.74, 6) is 0.431. The summed E-state index contributed by atoms with van der Waals surface area (Å²) in [4.78, 5) is 27.6. The Balaban J connectivity index is 1.96. The maximum atomic E-state index is 12.4. The normalized spacial score (nSPS) is 21.2. The molecule has 3 rings (SSSR count). The van der Waals surface area contributed by atoms with E-state index in [0.717, 1.165) is 0 Å². The van der Waals surface area contributed by atoms with Crippen molar-refractivity contribution in [1.82, 2.24) is 9.55 Å². The molecule has 0 saturated carbocycles. The van der Waals surface area contributed by atoms with Crippen LogP contribution in [0, 0.1) is 19.1 Å². The first-order valence-electron chi connectivity index (χ1n) is 10.8. The van der Waals surface area contributed by atoms with E-state index in [1.54, 1.807) is 6.07 Å². The molecule has 1 fully saturated rings. The smallest absolute Gasteiger partial charge is 0.351 e. The van der Waals surface area contributed by atoms with Crippen LogP contribution in [0.2, 0.25) is 0 Å². The number of ether oxygens (including phenoxy) is 3. The highest BCUT2D eigenvalue weighted by atomic mass is 127. The Hall–Kier alpha value is -2.33. The number of halogens is 1. The van der Waals surface area contributed by atoms with Crippen molar-refractivity contribution >= 4 is 34.1 Å². The largest absolute Gasteiger partial charge is 0.496 e. The van der Waals surface area contributed by atoms with Crippen molar-refractivity contribution in [2.24, 2.45) is 5.41 Å². The van der Waals surface area contributed by atoms with Gasteiger partial charge in [-0.15, -0.1) is 0 Å². The number of hydrogen-bond donors (Lipinski definition) is 3. The summed E-state index contributed by atoms with van der Waals surface area (Å²) < 4.78 is 18.9. The van der Waals surface area contributed by atoms with E-state index in [2.05, 4.69) is 4.98 Å². The second-order valence-electron chi connectivity index (χ2n) is 9.32. The number of benzene rings is 1. The molecule has 1 aliphatic rings. The van der Waals surface area contributed by atoms with Crippen molar-refractivity contribution in [3.63, 3.8) is 0 Å². The number of nitrogens with zero attached hydrogens (tertiary/aromatic N) is 3. The fourth-order valence-corrected chi connectivity index (χ4v) is 4.62. The Morgan fingerprint density at radius 2 is 2.11 bits per heavy atom. The van der Waals surface area contributed by atoms with Crippen LogP contribution in [0.25, 0.3) is 0 Å². The molecule has 13 heteroatoms. The maximum absolute atomic E-state index is 12.4. The molecule has 0 aliphatic carbocycles. The lowest BCUT2D eigenvalue weighted by atomic mass is 9.83. The van der Waals surface area contributed by atoms with Crippen LogP contribution < -0.4 is 16.2 Å². The average molecular weight is 604 g/mol. The third-order valence-corrected chi connectivity index (χ3v) is 6.57. The molecule has 0 spiro atoms. The summed E-state index contributed by atoms with van der Waals surface area (Å²) >= 11 is 1.97. The highest BCUT2D eigenvalue weighted by molar-refractivity contribution is 14.1. The number of methoxy groups -OCH3 is 1.